The molecule has 2 rings (SSSR count). The SMILES string of the molecule is COc1ccc(S(=O)(=O)NC2CC2)c([N+](=O)[O-])c1. The Hall–Kier alpha value is -1.67. The molecule has 1 fully saturated rings. The Morgan fingerprint density at radius 2 is 2.11 bits per heavy atom. The van der Waals surface area contributed by atoms with Gasteiger partial charge in [0, 0.05) is 6.04 Å². The first-order valence-electron chi connectivity index (χ1n) is 5.29. The van der Waals surface area contributed by atoms with Crippen molar-refractivity contribution >= 4 is 15.7 Å². The molecule has 7 nitrogen and oxygen atoms in total. The van der Waals surface area contributed by atoms with Crippen LogP contribution >= 0.6 is 0 Å². The molecule has 0 unspecified atom stereocenters. The van der Waals surface area contributed by atoms with Crippen LogP contribution in [0.3, 0.4) is 0 Å². The predicted octanol–water partition coefficient (Wildman–Crippen LogP) is 1.04. The van der Waals surface area contributed by atoms with Gasteiger partial charge in [-0.1, -0.05) is 0 Å². The fourth-order valence-corrected chi connectivity index (χ4v) is 2.94. The second kappa shape index (κ2) is 4.54. The van der Waals surface area contributed by atoms with E-state index in [1.54, 1.807) is 0 Å². The number of hydrogen-bond donors (Lipinski definition) is 1. The summed E-state index contributed by atoms with van der Waals surface area (Å²) in [6, 6.07) is 3.56. The minimum Gasteiger partial charge on any atom is -0.497 e. The highest BCUT2D eigenvalue weighted by Gasteiger charge is 2.32. The highest BCUT2D eigenvalue weighted by Crippen LogP contribution is 2.30. The highest BCUT2D eigenvalue weighted by atomic mass is 32.2. The molecule has 0 saturated heterocycles. The summed E-state index contributed by atoms with van der Waals surface area (Å²) in [6.45, 7) is 0. The van der Waals surface area contributed by atoms with Crippen LogP contribution in [-0.4, -0.2) is 26.5 Å². The zero-order chi connectivity index (χ0) is 13.3. The van der Waals surface area contributed by atoms with Gasteiger partial charge in [0.05, 0.1) is 18.1 Å². The smallest absolute Gasteiger partial charge is 0.293 e. The Balaban J connectivity index is 2.45. The quantitative estimate of drug-likeness (QED) is 0.638. The first-order valence-corrected chi connectivity index (χ1v) is 6.77. The van der Waals surface area contributed by atoms with Crippen LogP contribution in [0.5, 0.6) is 5.75 Å². The van der Waals surface area contributed by atoms with Gasteiger partial charge in [-0.2, -0.15) is 0 Å². The van der Waals surface area contributed by atoms with Crippen LogP contribution in [0.1, 0.15) is 12.8 Å². The third-order valence-electron chi connectivity index (χ3n) is 2.55. The molecule has 0 atom stereocenters. The van der Waals surface area contributed by atoms with E-state index >= 15 is 0 Å². The number of rotatable bonds is 5. The Labute approximate surface area is 104 Å². The summed E-state index contributed by atoms with van der Waals surface area (Å²) in [7, 11) is -2.49. The molecule has 1 aromatic rings. The second-order valence-corrected chi connectivity index (χ2v) is 5.67. The summed E-state index contributed by atoms with van der Waals surface area (Å²) in [5.41, 5.74) is -0.484. The molecule has 18 heavy (non-hydrogen) atoms. The van der Waals surface area contributed by atoms with E-state index in [1.807, 2.05) is 0 Å². The van der Waals surface area contributed by atoms with E-state index in [2.05, 4.69) is 4.72 Å². The summed E-state index contributed by atoms with van der Waals surface area (Å²) in [4.78, 5) is 9.83. The standard InChI is InChI=1S/C10H12N2O5S/c1-17-8-4-5-10(9(6-8)12(13)14)18(15,16)11-7-2-3-7/h4-7,11H,2-3H2,1H3. The van der Waals surface area contributed by atoms with Crippen molar-refractivity contribution in [1.82, 2.24) is 4.72 Å². The van der Waals surface area contributed by atoms with E-state index in [4.69, 9.17) is 4.74 Å². The molecule has 1 aliphatic rings. The lowest BCUT2D eigenvalue weighted by atomic mass is 10.3. The maximum atomic E-state index is 12.0. The summed E-state index contributed by atoms with van der Waals surface area (Å²) in [5.74, 6) is 0.243. The van der Waals surface area contributed by atoms with Crippen molar-refractivity contribution in [2.24, 2.45) is 0 Å². The van der Waals surface area contributed by atoms with Gasteiger partial charge in [-0.05, 0) is 25.0 Å². The van der Waals surface area contributed by atoms with Gasteiger partial charge in [-0.25, -0.2) is 13.1 Å². The summed E-state index contributed by atoms with van der Waals surface area (Å²) in [6.07, 6.45) is 1.53. The fraction of sp³-hybridized carbons (Fsp3) is 0.400. The zero-order valence-electron chi connectivity index (χ0n) is 9.62. The molecular weight excluding hydrogens is 260 g/mol. The van der Waals surface area contributed by atoms with Crippen molar-refractivity contribution < 1.29 is 18.1 Å². The number of sulfonamides is 1. The third-order valence-corrected chi connectivity index (χ3v) is 4.12. The van der Waals surface area contributed by atoms with Crippen LogP contribution in [0.25, 0.3) is 0 Å². The number of ether oxygens (including phenoxy) is 1. The van der Waals surface area contributed by atoms with Crippen molar-refractivity contribution in [2.75, 3.05) is 7.11 Å². The van der Waals surface area contributed by atoms with E-state index < -0.39 is 20.6 Å². The van der Waals surface area contributed by atoms with Crippen molar-refractivity contribution in [3.63, 3.8) is 0 Å². The molecule has 0 heterocycles. The van der Waals surface area contributed by atoms with E-state index in [9.17, 15) is 18.5 Å². The number of methoxy groups -OCH3 is 1. The van der Waals surface area contributed by atoms with Gasteiger partial charge in [0.2, 0.25) is 10.0 Å². The lowest BCUT2D eigenvalue weighted by Gasteiger charge is -2.07. The molecule has 0 aliphatic heterocycles. The molecule has 0 aromatic heterocycles. The molecule has 0 amide bonds. The molecule has 8 heteroatoms. The minimum atomic E-state index is -3.84. The van der Waals surface area contributed by atoms with Crippen LogP contribution in [0.15, 0.2) is 23.1 Å². The monoisotopic (exact) mass is 272 g/mol. The van der Waals surface area contributed by atoms with Crippen LogP contribution < -0.4 is 9.46 Å². The van der Waals surface area contributed by atoms with E-state index in [1.165, 1.54) is 19.2 Å². The number of nitrogens with zero attached hydrogens (tertiary/aromatic N) is 1. The minimum absolute atomic E-state index is 0.100. The topological polar surface area (TPSA) is 98.5 Å². The Bertz CT molecular complexity index is 580. The average Bonchev–Trinajstić information content (AvgIpc) is 3.11. The first-order chi connectivity index (χ1) is 8.44. The number of nitro benzene ring substituents is 1. The van der Waals surface area contributed by atoms with Gasteiger partial charge in [0.25, 0.3) is 5.69 Å². The van der Waals surface area contributed by atoms with Crippen LogP contribution in [0.2, 0.25) is 0 Å². The fourth-order valence-electron chi connectivity index (χ4n) is 1.48. The van der Waals surface area contributed by atoms with Crippen molar-refractivity contribution in [3.8, 4) is 5.75 Å². The van der Waals surface area contributed by atoms with Crippen molar-refractivity contribution in [1.29, 1.82) is 0 Å². The molecule has 0 spiro atoms. The summed E-state index contributed by atoms with van der Waals surface area (Å²) in [5, 5.41) is 10.9. The summed E-state index contributed by atoms with van der Waals surface area (Å²) >= 11 is 0. The van der Waals surface area contributed by atoms with E-state index in [0.717, 1.165) is 18.9 Å². The van der Waals surface area contributed by atoms with Crippen molar-refractivity contribution in [2.45, 2.75) is 23.8 Å². The normalized spacial score (nSPS) is 15.4. The molecular formula is C10H12N2O5S. The lowest BCUT2D eigenvalue weighted by molar-refractivity contribution is -0.387. The van der Waals surface area contributed by atoms with Crippen LogP contribution in [0.4, 0.5) is 5.69 Å². The van der Waals surface area contributed by atoms with Gasteiger partial charge in [0.15, 0.2) is 4.90 Å². The highest BCUT2D eigenvalue weighted by molar-refractivity contribution is 7.89. The van der Waals surface area contributed by atoms with Crippen LogP contribution in [-0.2, 0) is 10.0 Å². The van der Waals surface area contributed by atoms with Gasteiger partial charge in [-0.15, -0.1) is 0 Å². The third kappa shape index (κ3) is 2.59. The maximum absolute atomic E-state index is 12.0. The Morgan fingerprint density at radius 1 is 1.44 bits per heavy atom. The predicted molar refractivity (Wildman–Crippen MR) is 63.0 cm³/mol. The van der Waals surface area contributed by atoms with Crippen LogP contribution in [0, 0.1) is 10.1 Å². The lowest BCUT2D eigenvalue weighted by Crippen LogP contribution is -2.26. The molecule has 0 bridgehead atoms. The summed E-state index contributed by atoms with van der Waals surface area (Å²) < 4.78 is 31.2. The molecule has 1 N–H and O–H groups in total. The molecule has 98 valence electrons. The van der Waals surface area contributed by atoms with Gasteiger partial charge >= 0.3 is 0 Å². The number of nitrogens with one attached hydrogen (secondary N) is 1. The molecule has 1 aliphatic carbocycles. The van der Waals surface area contributed by atoms with E-state index in [0.29, 0.717) is 0 Å². The molecule has 1 aromatic carbocycles. The number of nitro groups is 1. The molecule has 0 radical (unpaired) electrons. The molecule has 1 saturated carbocycles. The zero-order valence-corrected chi connectivity index (χ0v) is 10.4. The Morgan fingerprint density at radius 3 is 2.61 bits per heavy atom. The van der Waals surface area contributed by atoms with E-state index in [-0.39, 0.29) is 16.7 Å². The number of benzene rings is 1. The Kier molecular flexibility index (Phi) is 3.22. The first kappa shape index (κ1) is 12.8. The largest absolute Gasteiger partial charge is 0.497 e. The van der Waals surface area contributed by atoms with Gasteiger partial charge < -0.3 is 4.74 Å². The second-order valence-electron chi connectivity index (χ2n) is 3.99. The maximum Gasteiger partial charge on any atom is 0.293 e. The van der Waals surface area contributed by atoms with Gasteiger partial charge in [0.1, 0.15) is 5.75 Å². The van der Waals surface area contributed by atoms with Crippen molar-refractivity contribution in [3.05, 3.63) is 28.3 Å². The average molecular weight is 272 g/mol. The van der Waals surface area contributed by atoms with Gasteiger partial charge in [-0.3, -0.25) is 10.1 Å². The number of hydrogen-bond acceptors (Lipinski definition) is 5.